The summed E-state index contributed by atoms with van der Waals surface area (Å²) in [6.07, 6.45) is 1.52. The maximum Gasteiger partial charge on any atom is 0.137 e. The molecule has 1 aliphatic carbocycles. The number of hydrogen-bond acceptors (Lipinski definition) is 1. The van der Waals surface area contributed by atoms with Gasteiger partial charge in [0.15, 0.2) is 0 Å². The minimum Gasteiger partial charge on any atom is -0.299 e. The van der Waals surface area contributed by atoms with E-state index < -0.39 is 0 Å². The lowest BCUT2D eigenvalue weighted by Gasteiger charge is -2.35. The summed E-state index contributed by atoms with van der Waals surface area (Å²) < 4.78 is 0. The van der Waals surface area contributed by atoms with Crippen molar-refractivity contribution >= 4 is 29.0 Å². The first-order valence-electron chi connectivity index (χ1n) is 5.11. The van der Waals surface area contributed by atoms with Gasteiger partial charge >= 0.3 is 0 Å². The molecule has 1 aliphatic rings. The van der Waals surface area contributed by atoms with Gasteiger partial charge in [0.2, 0.25) is 0 Å². The van der Waals surface area contributed by atoms with Crippen LogP contribution in [-0.4, -0.2) is 5.78 Å². The van der Waals surface area contributed by atoms with Gasteiger partial charge in [0.05, 0.1) is 0 Å². The highest BCUT2D eigenvalue weighted by atomic mass is 35.5. The van der Waals surface area contributed by atoms with Gasteiger partial charge in [-0.15, -0.1) is 0 Å². The summed E-state index contributed by atoms with van der Waals surface area (Å²) in [4.78, 5) is 11.4. The zero-order valence-corrected chi connectivity index (χ0v) is 9.98. The fourth-order valence-corrected chi connectivity index (χ4v) is 2.76. The SMILES string of the molecule is CCC1C(=O)CC1c1ccc(Cl)cc1Cl. The van der Waals surface area contributed by atoms with Crippen LogP contribution in [-0.2, 0) is 4.79 Å². The second kappa shape index (κ2) is 4.15. The van der Waals surface area contributed by atoms with Crippen molar-refractivity contribution in [3.8, 4) is 0 Å². The molecule has 0 bridgehead atoms. The van der Waals surface area contributed by atoms with E-state index in [0.29, 0.717) is 28.2 Å². The van der Waals surface area contributed by atoms with Crippen molar-refractivity contribution in [2.75, 3.05) is 0 Å². The van der Waals surface area contributed by atoms with Crippen LogP contribution in [0.3, 0.4) is 0 Å². The third-order valence-electron chi connectivity index (χ3n) is 3.12. The van der Waals surface area contributed by atoms with Crippen molar-refractivity contribution in [2.24, 2.45) is 5.92 Å². The molecule has 1 aromatic carbocycles. The molecule has 80 valence electrons. The van der Waals surface area contributed by atoms with E-state index in [4.69, 9.17) is 23.2 Å². The minimum atomic E-state index is 0.156. The van der Waals surface area contributed by atoms with Crippen LogP contribution in [0.4, 0.5) is 0 Å². The van der Waals surface area contributed by atoms with Gasteiger partial charge in [-0.1, -0.05) is 36.2 Å². The van der Waals surface area contributed by atoms with Crippen LogP contribution in [0.5, 0.6) is 0 Å². The molecule has 0 radical (unpaired) electrons. The first-order valence-corrected chi connectivity index (χ1v) is 5.86. The minimum absolute atomic E-state index is 0.156. The Bertz CT molecular complexity index is 401. The number of ketones is 1. The van der Waals surface area contributed by atoms with Crippen molar-refractivity contribution in [1.29, 1.82) is 0 Å². The van der Waals surface area contributed by atoms with E-state index in [1.54, 1.807) is 6.07 Å². The molecule has 2 atom stereocenters. The molecule has 0 aromatic heterocycles. The predicted octanol–water partition coefficient (Wildman–Crippen LogP) is 4.08. The maximum absolute atomic E-state index is 11.4. The highest BCUT2D eigenvalue weighted by Gasteiger charge is 2.39. The van der Waals surface area contributed by atoms with E-state index in [0.717, 1.165) is 12.0 Å². The van der Waals surface area contributed by atoms with Crippen LogP contribution < -0.4 is 0 Å². The van der Waals surface area contributed by atoms with Crippen LogP contribution in [0.2, 0.25) is 10.0 Å². The molecule has 1 aromatic rings. The van der Waals surface area contributed by atoms with Gasteiger partial charge in [-0.2, -0.15) is 0 Å². The van der Waals surface area contributed by atoms with E-state index in [1.165, 1.54) is 0 Å². The number of hydrogen-bond donors (Lipinski definition) is 0. The lowest BCUT2D eigenvalue weighted by molar-refractivity contribution is -0.131. The van der Waals surface area contributed by atoms with E-state index in [2.05, 4.69) is 0 Å². The number of rotatable bonds is 2. The van der Waals surface area contributed by atoms with Crippen molar-refractivity contribution in [1.82, 2.24) is 0 Å². The summed E-state index contributed by atoms with van der Waals surface area (Å²) in [7, 11) is 0. The Morgan fingerprint density at radius 3 is 2.67 bits per heavy atom. The van der Waals surface area contributed by atoms with Gasteiger partial charge in [0, 0.05) is 28.3 Å². The summed E-state index contributed by atoms with van der Waals surface area (Å²) in [5.74, 6) is 0.810. The Morgan fingerprint density at radius 1 is 1.40 bits per heavy atom. The molecule has 15 heavy (non-hydrogen) atoms. The number of carbonyl (C=O) groups excluding carboxylic acids is 1. The number of benzene rings is 1. The molecule has 0 aliphatic heterocycles. The smallest absolute Gasteiger partial charge is 0.137 e. The Labute approximate surface area is 99.4 Å². The van der Waals surface area contributed by atoms with Gasteiger partial charge in [0.1, 0.15) is 5.78 Å². The van der Waals surface area contributed by atoms with E-state index in [9.17, 15) is 4.79 Å². The Morgan fingerprint density at radius 2 is 2.13 bits per heavy atom. The van der Waals surface area contributed by atoms with Crippen molar-refractivity contribution in [2.45, 2.75) is 25.7 Å². The Kier molecular flexibility index (Phi) is 3.03. The number of carbonyl (C=O) groups is 1. The topological polar surface area (TPSA) is 17.1 Å². The summed E-state index contributed by atoms with van der Waals surface area (Å²) >= 11 is 11.9. The Balaban J connectivity index is 2.27. The normalized spacial score (nSPS) is 25.1. The van der Waals surface area contributed by atoms with Gasteiger partial charge in [-0.3, -0.25) is 4.79 Å². The van der Waals surface area contributed by atoms with E-state index >= 15 is 0 Å². The van der Waals surface area contributed by atoms with Crippen LogP contribution >= 0.6 is 23.2 Å². The van der Waals surface area contributed by atoms with Crippen molar-refractivity contribution in [3.63, 3.8) is 0 Å². The maximum atomic E-state index is 11.4. The van der Waals surface area contributed by atoms with Gasteiger partial charge in [-0.05, 0) is 24.1 Å². The molecule has 3 heteroatoms. The molecule has 1 saturated carbocycles. The largest absolute Gasteiger partial charge is 0.299 e. The van der Waals surface area contributed by atoms with Gasteiger partial charge in [-0.25, -0.2) is 0 Å². The molecule has 0 spiro atoms. The molecular weight excluding hydrogens is 231 g/mol. The summed E-state index contributed by atoms with van der Waals surface area (Å²) in [6.45, 7) is 2.04. The van der Waals surface area contributed by atoms with Crippen LogP contribution in [0.15, 0.2) is 18.2 Å². The van der Waals surface area contributed by atoms with Crippen LogP contribution in [0.25, 0.3) is 0 Å². The monoisotopic (exact) mass is 242 g/mol. The average molecular weight is 243 g/mol. The highest BCUT2D eigenvalue weighted by molar-refractivity contribution is 6.35. The number of Topliss-reactive ketones (excluding diaryl/α,β-unsaturated/α-hetero) is 1. The molecule has 1 nitrogen and oxygen atoms in total. The molecule has 1 fully saturated rings. The van der Waals surface area contributed by atoms with Crippen molar-refractivity contribution < 1.29 is 4.79 Å². The molecule has 0 N–H and O–H groups in total. The molecule has 0 amide bonds. The fraction of sp³-hybridized carbons (Fsp3) is 0.417. The predicted molar refractivity (Wildman–Crippen MR) is 62.6 cm³/mol. The van der Waals surface area contributed by atoms with E-state index in [-0.39, 0.29) is 5.92 Å². The quantitative estimate of drug-likeness (QED) is 0.764. The highest BCUT2D eigenvalue weighted by Crippen LogP contribution is 2.44. The standard InChI is InChI=1S/C12H12Cl2O/c1-2-8-10(6-12(8)15)9-4-3-7(13)5-11(9)14/h3-5,8,10H,2,6H2,1H3. The third-order valence-corrected chi connectivity index (χ3v) is 3.68. The van der Waals surface area contributed by atoms with Gasteiger partial charge in [0.25, 0.3) is 0 Å². The second-order valence-corrected chi connectivity index (χ2v) is 4.80. The lowest BCUT2D eigenvalue weighted by atomic mass is 9.68. The first kappa shape index (κ1) is 11.0. The molecular formula is C12H12Cl2O. The third kappa shape index (κ3) is 1.91. The molecule has 0 saturated heterocycles. The zero-order chi connectivity index (χ0) is 11.0. The summed E-state index contributed by atoms with van der Waals surface area (Å²) in [5, 5.41) is 1.32. The van der Waals surface area contributed by atoms with E-state index in [1.807, 2.05) is 19.1 Å². The van der Waals surface area contributed by atoms with Gasteiger partial charge < -0.3 is 0 Å². The zero-order valence-electron chi connectivity index (χ0n) is 8.47. The molecule has 0 heterocycles. The number of halogens is 2. The molecule has 2 unspecified atom stereocenters. The van der Waals surface area contributed by atoms with Crippen molar-refractivity contribution in [3.05, 3.63) is 33.8 Å². The fourth-order valence-electron chi connectivity index (χ4n) is 2.22. The lowest BCUT2D eigenvalue weighted by Crippen LogP contribution is -2.34. The van der Waals surface area contributed by atoms with Crippen LogP contribution in [0, 0.1) is 5.92 Å². The first-order chi connectivity index (χ1) is 7.13. The Hall–Kier alpha value is -0.530. The second-order valence-electron chi connectivity index (χ2n) is 3.96. The average Bonchev–Trinajstić information content (AvgIpc) is 2.16. The summed E-state index contributed by atoms with van der Waals surface area (Å²) in [5.41, 5.74) is 1.06. The van der Waals surface area contributed by atoms with Crippen LogP contribution in [0.1, 0.15) is 31.2 Å². The summed E-state index contributed by atoms with van der Waals surface area (Å²) in [6, 6.07) is 5.51. The molecule has 2 rings (SSSR count).